The summed E-state index contributed by atoms with van der Waals surface area (Å²) < 4.78 is 8.17. The molecule has 154 valence electrons. The van der Waals surface area contributed by atoms with Gasteiger partial charge < -0.3 is 14.3 Å². The van der Waals surface area contributed by atoms with Gasteiger partial charge in [0.15, 0.2) is 5.58 Å². The SMILES string of the molecule is CCn1c(=O)c2c(-c3ccc(Cl)cc3)c(Nc3ccccc3C)oc2c2ccccc21. The molecule has 5 aromatic rings. The van der Waals surface area contributed by atoms with Crippen LogP contribution in [0.25, 0.3) is 33.0 Å². The minimum atomic E-state index is -0.0669. The van der Waals surface area contributed by atoms with E-state index >= 15 is 0 Å². The van der Waals surface area contributed by atoms with Crippen LogP contribution in [0.2, 0.25) is 5.02 Å². The van der Waals surface area contributed by atoms with Crippen LogP contribution in [0.1, 0.15) is 12.5 Å². The van der Waals surface area contributed by atoms with Gasteiger partial charge in [-0.15, -0.1) is 0 Å². The van der Waals surface area contributed by atoms with Crippen molar-refractivity contribution in [3.8, 4) is 11.1 Å². The molecule has 4 nitrogen and oxygen atoms in total. The normalized spacial score (nSPS) is 11.3. The summed E-state index contributed by atoms with van der Waals surface area (Å²) in [6.45, 7) is 4.59. The molecule has 1 N–H and O–H groups in total. The van der Waals surface area contributed by atoms with Crippen molar-refractivity contribution >= 4 is 45.0 Å². The number of halogens is 1. The lowest BCUT2D eigenvalue weighted by atomic mass is 10.0. The van der Waals surface area contributed by atoms with Gasteiger partial charge in [-0.2, -0.15) is 0 Å². The molecule has 0 saturated carbocycles. The predicted octanol–water partition coefficient (Wildman–Crippen LogP) is 7.14. The summed E-state index contributed by atoms with van der Waals surface area (Å²) in [6, 6.07) is 23.3. The minimum Gasteiger partial charge on any atom is -0.439 e. The zero-order valence-corrected chi connectivity index (χ0v) is 18.0. The number of anilines is 2. The summed E-state index contributed by atoms with van der Waals surface area (Å²) >= 11 is 6.13. The number of nitrogens with zero attached hydrogens (tertiary/aromatic N) is 1. The number of aryl methyl sites for hydroxylation is 2. The van der Waals surface area contributed by atoms with Crippen LogP contribution in [0.5, 0.6) is 0 Å². The Hall–Kier alpha value is -3.50. The molecule has 3 aromatic carbocycles. The molecule has 0 aliphatic heterocycles. The van der Waals surface area contributed by atoms with Crippen LogP contribution in [0.4, 0.5) is 11.6 Å². The van der Waals surface area contributed by atoms with Crippen molar-refractivity contribution in [3.63, 3.8) is 0 Å². The average molecular weight is 429 g/mol. The highest BCUT2D eigenvalue weighted by atomic mass is 35.5. The number of rotatable bonds is 4. The monoisotopic (exact) mass is 428 g/mol. The molecule has 2 aromatic heterocycles. The van der Waals surface area contributed by atoms with Crippen molar-refractivity contribution in [1.82, 2.24) is 4.57 Å². The van der Waals surface area contributed by atoms with E-state index in [0.29, 0.717) is 28.4 Å². The van der Waals surface area contributed by atoms with Gasteiger partial charge in [0.2, 0.25) is 5.88 Å². The van der Waals surface area contributed by atoms with Crippen molar-refractivity contribution in [2.45, 2.75) is 20.4 Å². The molecule has 0 spiro atoms. The fraction of sp³-hybridized carbons (Fsp3) is 0.115. The summed E-state index contributed by atoms with van der Waals surface area (Å²) in [5.74, 6) is 0.544. The van der Waals surface area contributed by atoms with Gasteiger partial charge >= 0.3 is 0 Å². The molecule has 0 aliphatic rings. The van der Waals surface area contributed by atoms with Crippen molar-refractivity contribution < 1.29 is 4.42 Å². The Balaban J connectivity index is 1.90. The van der Waals surface area contributed by atoms with Crippen LogP contribution >= 0.6 is 11.6 Å². The van der Waals surface area contributed by atoms with Crippen molar-refractivity contribution in [3.05, 3.63) is 93.7 Å². The fourth-order valence-electron chi connectivity index (χ4n) is 4.10. The molecular formula is C26H21ClN2O2. The first-order valence-corrected chi connectivity index (χ1v) is 10.6. The van der Waals surface area contributed by atoms with Crippen molar-refractivity contribution in [2.75, 3.05) is 5.32 Å². The summed E-state index contributed by atoms with van der Waals surface area (Å²) in [7, 11) is 0. The first-order valence-electron chi connectivity index (χ1n) is 10.2. The van der Waals surface area contributed by atoms with Gasteiger partial charge in [-0.05, 0) is 55.3 Å². The molecule has 0 fully saturated rings. The van der Waals surface area contributed by atoms with Crippen LogP contribution < -0.4 is 10.9 Å². The molecule has 0 unspecified atom stereocenters. The van der Waals surface area contributed by atoms with Gasteiger partial charge in [0.05, 0.1) is 16.5 Å². The zero-order chi connectivity index (χ0) is 21.5. The third-order valence-electron chi connectivity index (χ3n) is 5.65. The Bertz CT molecular complexity index is 1480. The lowest BCUT2D eigenvalue weighted by Gasteiger charge is -2.10. The molecule has 0 aliphatic carbocycles. The average Bonchev–Trinajstić information content (AvgIpc) is 3.16. The van der Waals surface area contributed by atoms with E-state index in [4.69, 9.17) is 16.0 Å². The second kappa shape index (κ2) is 7.64. The van der Waals surface area contributed by atoms with E-state index in [1.807, 2.05) is 86.6 Å². The van der Waals surface area contributed by atoms with Crippen LogP contribution in [0.3, 0.4) is 0 Å². The van der Waals surface area contributed by atoms with E-state index in [9.17, 15) is 4.79 Å². The maximum absolute atomic E-state index is 13.6. The number of pyridine rings is 1. The van der Waals surface area contributed by atoms with Gasteiger partial charge in [-0.1, -0.05) is 54.1 Å². The van der Waals surface area contributed by atoms with Gasteiger partial charge in [-0.3, -0.25) is 4.79 Å². The molecular weight excluding hydrogens is 408 g/mol. The van der Waals surface area contributed by atoms with Crippen LogP contribution in [-0.4, -0.2) is 4.57 Å². The number of aromatic nitrogens is 1. The largest absolute Gasteiger partial charge is 0.439 e. The molecule has 0 saturated heterocycles. The molecule has 5 heteroatoms. The quantitative estimate of drug-likeness (QED) is 0.331. The Morgan fingerprint density at radius 2 is 1.68 bits per heavy atom. The van der Waals surface area contributed by atoms with Crippen LogP contribution in [0, 0.1) is 6.92 Å². The lowest BCUT2D eigenvalue weighted by Crippen LogP contribution is -2.19. The maximum Gasteiger partial charge on any atom is 0.262 e. The maximum atomic E-state index is 13.6. The van der Waals surface area contributed by atoms with Crippen molar-refractivity contribution in [2.24, 2.45) is 0 Å². The van der Waals surface area contributed by atoms with Crippen molar-refractivity contribution in [1.29, 1.82) is 0 Å². The first-order chi connectivity index (χ1) is 15.1. The topological polar surface area (TPSA) is 47.2 Å². The molecule has 0 atom stereocenters. The number of furan rings is 1. The molecule has 5 rings (SSSR count). The second-order valence-corrected chi connectivity index (χ2v) is 7.96. The Labute approximate surface area is 184 Å². The van der Waals surface area contributed by atoms with E-state index in [-0.39, 0.29) is 5.56 Å². The van der Waals surface area contributed by atoms with E-state index in [1.54, 1.807) is 4.57 Å². The number of nitrogens with one attached hydrogen (secondary N) is 1. The third kappa shape index (κ3) is 3.20. The number of fused-ring (bicyclic) bond motifs is 3. The van der Waals surface area contributed by atoms with Crippen LogP contribution in [0.15, 0.2) is 82.0 Å². The molecule has 0 bridgehead atoms. The first kappa shape index (κ1) is 19.5. The number of para-hydroxylation sites is 2. The molecule has 0 radical (unpaired) electrons. The van der Waals surface area contributed by atoms with Gasteiger partial charge in [0, 0.05) is 22.6 Å². The highest BCUT2D eigenvalue weighted by molar-refractivity contribution is 6.30. The highest BCUT2D eigenvalue weighted by Crippen LogP contribution is 2.41. The number of benzene rings is 3. The summed E-state index contributed by atoms with van der Waals surface area (Å²) in [4.78, 5) is 13.6. The van der Waals surface area contributed by atoms with Gasteiger partial charge in [-0.25, -0.2) is 0 Å². The fourth-order valence-corrected chi connectivity index (χ4v) is 4.23. The number of hydrogen-bond donors (Lipinski definition) is 1. The zero-order valence-electron chi connectivity index (χ0n) is 17.3. The minimum absolute atomic E-state index is 0.0669. The molecule has 0 amide bonds. The summed E-state index contributed by atoms with van der Waals surface area (Å²) in [6.07, 6.45) is 0. The lowest BCUT2D eigenvalue weighted by molar-refractivity contribution is 0.637. The summed E-state index contributed by atoms with van der Waals surface area (Å²) in [5, 5.41) is 5.54. The van der Waals surface area contributed by atoms with E-state index in [1.165, 1.54) is 0 Å². The predicted molar refractivity (Wildman–Crippen MR) is 129 cm³/mol. The van der Waals surface area contributed by atoms with Gasteiger partial charge in [0.25, 0.3) is 5.56 Å². The molecule has 2 heterocycles. The van der Waals surface area contributed by atoms with E-state index in [0.717, 1.165) is 33.3 Å². The van der Waals surface area contributed by atoms with E-state index < -0.39 is 0 Å². The standard InChI is InChI=1S/C26H21ClN2O2/c1-3-29-21-11-7-5-9-19(21)24-23(26(29)30)22(17-12-14-18(27)15-13-17)25(31-24)28-20-10-6-4-8-16(20)2/h4-15,28H,3H2,1-2H3. The Kier molecular flexibility index (Phi) is 4.79. The van der Waals surface area contributed by atoms with E-state index in [2.05, 4.69) is 5.32 Å². The Morgan fingerprint density at radius 1 is 0.968 bits per heavy atom. The summed E-state index contributed by atoms with van der Waals surface area (Å²) in [5.41, 5.74) is 5.01. The number of hydrogen-bond acceptors (Lipinski definition) is 3. The second-order valence-electron chi connectivity index (χ2n) is 7.52. The van der Waals surface area contributed by atoms with Crippen LogP contribution in [-0.2, 0) is 6.54 Å². The molecule has 31 heavy (non-hydrogen) atoms. The third-order valence-corrected chi connectivity index (χ3v) is 5.90. The highest BCUT2D eigenvalue weighted by Gasteiger charge is 2.23. The smallest absolute Gasteiger partial charge is 0.262 e. The Morgan fingerprint density at radius 3 is 2.42 bits per heavy atom. The van der Waals surface area contributed by atoms with Gasteiger partial charge in [0.1, 0.15) is 0 Å².